The molecule has 1 aromatic carbocycles. The van der Waals surface area contributed by atoms with Gasteiger partial charge in [-0.05, 0) is 34.1 Å². The van der Waals surface area contributed by atoms with Crippen LogP contribution in [0.25, 0.3) is 0 Å². The summed E-state index contributed by atoms with van der Waals surface area (Å²) in [5, 5.41) is 2.63. The fourth-order valence-corrected chi connectivity index (χ4v) is 1.90. The van der Waals surface area contributed by atoms with Crippen LogP contribution < -0.4 is 16.6 Å². The summed E-state index contributed by atoms with van der Waals surface area (Å²) in [6, 6.07) is 4.39. The van der Waals surface area contributed by atoms with Gasteiger partial charge in [0.2, 0.25) is 5.95 Å². The molecule has 0 amide bonds. The quantitative estimate of drug-likeness (QED) is 0.441. The van der Waals surface area contributed by atoms with E-state index in [4.69, 9.17) is 5.84 Å². The van der Waals surface area contributed by atoms with Gasteiger partial charge in [0.15, 0.2) is 5.69 Å². The molecule has 5 nitrogen and oxygen atoms in total. The number of benzene rings is 1. The van der Waals surface area contributed by atoms with Gasteiger partial charge in [0.1, 0.15) is 11.6 Å². The predicted octanol–water partition coefficient (Wildman–Crippen LogP) is 3.43. The van der Waals surface area contributed by atoms with Crippen molar-refractivity contribution < 1.29 is 17.6 Å². The van der Waals surface area contributed by atoms with Crippen molar-refractivity contribution in [2.75, 3.05) is 10.7 Å². The Hall–Kier alpha value is -1.94. The first kappa shape index (κ1) is 15.4. The highest BCUT2D eigenvalue weighted by Gasteiger charge is 2.33. The molecular weight excluding hydrogens is 358 g/mol. The lowest BCUT2D eigenvalue weighted by molar-refractivity contribution is -0.141. The SMILES string of the molecule is NNc1nc(Nc2ccc(F)cc2Br)cc(C(F)(F)F)n1. The second kappa shape index (κ2) is 5.82. The minimum Gasteiger partial charge on any atom is -0.339 e. The molecule has 0 aliphatic heterocycles. The zero-order valence-electron chi connectivity index (χ0n) is 10.2. The van der Waals surface area contributed by atoms with E-state index in [1.54, 1.807) is 0 Å². The van der Waals surface area contributed by atoms with E-state index in [-0.39, 0.29) is 5.82 Å². The van der Waals surface area contributed by atoms with E-state index in [0.717, 1.165) is 18.2 Å². The topological polar surface area (TPSA) is 75.9 Å². The van der Waals surface area contributed by atoms with Crippen LogP contribution in [0.2, 0.25) is 0 Å². The summed E-state index contributed by atoms with van der Waals surface area (Å²) in [6.07, 6.45) is -4.65. The summed E-state index contributed by atoms with van der Waals surface area (Å²) in [7, 11) is 0. The molecule has 0 bridgehead atoms. The summed E-state index contributed by atoms with van der Waals surface area (Å²) >= 11 is 3.09. The van der Waals surface area contributed by atoms with E-state index in [1.165, 1.54) is 6.07 Å². The lowest BCUT2D eigenvalue weighted by Crippen LogP contribution is -2.16. The fourth-order valence-electron chi connectivity index (χ4n) is 1.45. The standard InChI is InChI=1S/C11H8BrF4N5/c12-6-3-5(13)1-2-7(6)18-9-4-8(11(14,15)16)19-10(20-9)21-17/h1-4H,17H2,(H2,18,19,20,21). The third kappa shape index (κ3) is 3.79. The number of aromatic nitrogens is 2. The number of nitrogens with zero attached hydrogens (tertiary/aromatic N) is 2. The number of nitrogen functional groups attached to an aromatic ring is 1. The Labute approximate surface area is 124 Å². The smallest absolute Gasteiger partial charge is 0.339 e. The largest absolute Gasteiger partial charge is 0.433 e. The molecule has 112 valence electrons. The molecule has 0 aliphatic carbocycles. The van der Waals surface area contributed by atoms with Gasteiger partial charge in [-0.2, -0.15) is 18.2 Å². The lowest BCUT2D eigenvalue weighted by Gasteiger charge is -2.12. The van der Waals surface area contributed by atoms with Crippen LogP contribution in [0.5, 0.6) is 0 Å². The van der Waals surface area contributed by atoms with Gasteiger partial charge >= 0.3 is 6.18 Å². The maximum absolute atomic E-state index is 13.0. The summed E-state index contributed by atoms with van der Waals surface area (Å²) in [5.41, 5.74) is 1.13. The minimum atomic E-state index is -4.65. The third-order valence-corrected chi connectivity index (χ3v) is 3.00. The number of anilines is 3. The second-order valence-electron chi connectivity index (χ2n) is 3.85. The van der Waals surface area contributed by atoms with E-state index >= 15 is 0 Å². The molecule has 0 saturated carbocycles. The van der Waals surface area contributed by atoms with Gasteiger partial charge in [-0.3, -0.25) is 5.43 Å². The summed E-state index contributed by atoms with van der Waals surface area (Å²) in [5.74, 6) is 4.02. The zero-order chi connectivity index (χ0) is 15.6. The van der Waals surface area contributed by atoms with Gasteiger partial charge in [0.25, 0.3) is 0 Å². The zero-order valence-corrected chi connectivity index (χ0v) is 11.8. The maximum atomic E-state index is 13.0. The van der Waals surface area contributed by atoms with Crippen LogP contribution >= 0.6 is 15.9 Å². The highest BCUT2D eigenvalue weighted by molar-refractivity contribution is 9.10. The molecule has 0 aliphatic rings. The summed E-state index contributed by atoms with van der Waals surface area (Å²) < 4.78 is 51.4. The average Bonchev–Trinajstić information content (AvgIpc) is 2.40. The number of hydrogen-bond acceptors (Lipinski definition) is 5. The Morgan fingerprint density at radius 1 is 1.14 bits per heavy atom. The molecule has 21 heavy (non-hydrogen) atoms. The Kier molecular flexibility index (Phi) is 4.28. The van der Waals surface area contributed by atoms with E-state index in [1.807, 2.05) is 5.43 Å². The van der Waals surface area contributed by atoms with Crippen molar-refractivity contribution in [2.24, 2.45) is 5.84 Å². The van der Waals surface area contributed by atoms with Crippen molar-refractivity contribution in [1.29, 1.82) is 0 Å². The van der Waals surface area contributed by atoms with Crippen LogP contribution in [-0.4, -0.2) is 9.97 Å². The first-order chi connectivity index (χ1) is 9.79. The number of nitrogens with two attached hydrogens (primary N) is 1. The van der Waals surface area contributed by atoms with E-state index in [2.05, 4.69) is 31.2 Å². The number of hydrogen-bond donors (Lipinski definition) is 3. The molecule has 0 unspecified atom stereocenters. The van der Waals surface area contributed by atoms with Gasteiger partial charge in [-0.1, -0.05) is 0 Å². The molecule has 2 aromatic rings. The van der Waals surface area contributed by atoms with Crippen LogP contribution in [0.1, 0.15) is 5.69 Å². The van der Waals surface area contributed by atoms with Gasteiger partial charge in [0, 0.05) is 10.5 Å². The van der Waals surface area contributed by atoms with Gasteiger partial charge in [-0.15, -0.1) is 0 Å². The van der Waals surface area contributed by atoms with Crippen molar-refractivity contribution >= 4 is 33.4 Å². The number of nitrogens with one attached hydrogen (secondary N) is 2. The molecule has 0 atom stereocenters. The maximum Gasteiger partial charge on any atom is 0.433 e. The van der Waals surface area contributed by atoms with Crippen LogP contribution in [0.15, 0.2) is 28.7 Å². The fraction of sp³-hybridized carbons (Fsp3) is 0.0909. The predicted molar refractivity (Wildman–Crippen MR) is 72.2 cm³/mol. The highest BCUT2D eigenvalue weighted by Crippen LogP contribution is 2.31. The first-order valence-electron chi connectivity index (χ1n) is 5.44. The number of alkyl halides is 3. The molecule has 10 heteroatoms. The number of rotatable bonds is 3. The highest BCUT2D eigenvalue weighted by atomic mass is 79.9. The average molecular weight is 366 g/mol. The van der Waals surface area contributed by atoms with Gasteiger partial charge in [0.05, 0.1) is 5.69 Å². The van der Waals surface area contributed by atoms with Crippen molar-refractivity contribution in [3.63, 3.8) is 0 Å². The van der Waals surface area contributed by atoms with Crippen molar-refractivity contribution in [3.05, 3.63) is 40.2 Å². The lowest BCUT2D eigenvalue weighted by atomic mass is 10.3. The molecule has 1 heterocycles. The molecule has 2 rings (SSSR count). The van der Waals surface area contributed by atoms with E-state index < -0.39 is 23.6 Å². The normalized spacial score (nSPS) is 11.3. The Bertz CT molecular complexity index is 662. The van der Waals surface area contributed by atoms with Crippen molar-refractivity contribution in [2.45, 2.75) is 6.18 Å². The molecule has 4 N–H and O–H groups in total. The van der Waals surface area contributed by atoms with Crippen LogP contribution in [0, 0.1) is 5.82 Å². The second-order valence-corrected chi connectivity index (χ2v) is 4.71. The summed E-state index contributed by atoms with van der Waals surface area (Å²) in [6.45, 7) is 0. The summed E-state index contributed by atoms with van der Waals surface area (Å²) in [4.78, 5) is 6.97. The van der Waals surface area contributed by atoms with E-state index in [9.17, 15) is 17.6 Å². The van der Waals surface area contributed by atoms with Crippen molar-refractivity contribution in [3.8, 4) is 0 Å². The van der Waals surface area contributed by atoms with E-state index in [0.29, 0.717) is 10.2 Å². The van der Waals surface area contributed by atoms with Crippen LogP contribution in [0.4, 0.5) is 35.0 Å². The van der Waals surface area contributed by atoms with Crippen LogP contribution in [0.3, 0.4) is 0 Å². The number of halogens is 5. The Morgan fingerprint density at radius 2 is 1.86 bits per heavy atom. The molecule has 0 saturated heterocycles. The number of hydrazine groups is 1. The first-order valence-corrected chi connectivity index (χ1v) is 6.24. The Balaban J connectivity index is 2.39. The molecular formula is C11H8BrF4N5. The van der Waals surface area contributed by atoms with Crippen LogP contribution in [-0.2, 0) is 6.18 Å². The Morgan fingerprint density at radius 3 is 2.43 bits per heavy atom. The van der Waals surface area contributed by atoms with Crippen molar-refractivity contribution in [1.82, 2.24) is 9.97 Å². The van der Waals surface area contributed by atoms with Gasteiger partial charge in [-0.25, -0.2) is 15.2 Å². The molecule has 1 aromatic heterocycles. The molecule has 0 radical (unpaired) electrons. The molecule has 0 fully saturated rings. The monoisotopic (exact) mass is 365 g/mol. The van der Waals surface area contributed by atoms with Gasteiger partial charge < -0.3 is 5.32 Å². The molecule has 0 spiro atoms. The third-order valence-electron chi connectivity index (χ3n) is 2.34. The minimum absolute atomic E-state index is 0.141.